The number of morpholine rings is 1. The summed E-state index contributed by atoms with van der Waals surface area (Å²) >= 11 is 5.98. The van der Waals surface area contributed by atoms with Gasteiger partial charge in [0.15, 0.2) is 0 Å². The van der Waals surface area contributed by atoms with E-state index in [2.05, 4.69) is 22.8 Å². The molecule has 2 fully saturated rings. The minimum absolute atomic E-state index is 0.0347. The van der Waals surface area contributed by atoms with E-state index in [0.717, 1.165) is 24.4 Å². The Morgan fingerprint density at radius 3 is 2.73 bits per heavy atom. The highest BCUT2D eigenvalue weighted by atomic mass is 35.5. The molecule has 1 heterocycles. The molecular formula is C17H23ClN2O2. The molecule has 2 atom stereocenters. The summed E-state index contributed by atoms with van der Waals surface area (Å²) in [7, 11) is 0. The number of carbonyl (C=O) groups excluding carboxylic acids is 1. The van der Waals surface area contributed by atoms with Crippen molar-refractivity contribution < 1.29 is 9.53 Å². The van der Waals surface area contributed by atoms with Gasteiger partial charge in [-0.05, 0) is 37.5 Å². The van der Waals surface area contributed by atoms with Gasteiger partial charge in [0.05, 0.1) is 12.7 Å². The maximum absolute atomic E-state index is 12.4. The molecule has 5 heteroatoms. The molecule has 1 aromatic rings. The van der Waals surface area contributed by atoms with Gasteiger partial charge in [-0.15, -0.1) is 0 Å². The van der Waals surface area contributed by atoms with E-state index < -0.39 is 0 Å². The Bertz CT molecular complexity index is 528. The van der Waals surface area contributed by atoms with Gasteiger partial charge in [-0.1, -0.05) is 30.2 Å². The zero-order valence-corrected chi connectivity index (χ0v) is 13.7. The molecular weight excluding hydrogens is 300 g/mol. The molecule has 1 amide bonds. The first kappa shape index (κ1) is 15.8. The number of hydrogen-bond acceptors (Lipinski definition) is 3. The van der Waals surface area contributed by atoms with Gasteiger partial charge in [-0.2, -0.15) is 0 Å². The molecule has 1 aliphatic carbocycles. The van der Waals surface area contributed by atoms with E-state index in [1.807, 2.05) is 19.1 Å². The number of nitrogens with one attached hydrogen (secondary N) is 2. The lowest BCUT2D eigenvalue weighted by molar-refractivity contribution is -0.129. The van der Waals surface area contributed by atoms with Gasteiger partial charge in [0.25, 0.3) is 0 Å². The zero-order chi connectivity index (χ0) is 15.6. The molecule has 1 aromatic carbocycles. The summed E-state index contributed by atoms with van der Waals surface area (Å²) in [5, 5.41) is 7.11. The first-order valence-corrected chi connectivity index (χ1v) is 8.37. The Morgan fingerprint density at radius 1 is 1.41 bits per heavy atom. The largest absolute Gasteiger partial charge is 0.375 e. The summed E-state index contributed by atoms with van der Waals surface area (Å²) in [5.41, 5.74) is 1.34. The number of hydrogen-bond donors (Lipinski definition) is 2. The van der Waals surface area contributed by atoms with E-state index in [1.165, 1.54) is 12.0 Å². The van der Waals surface area contributed by atoms with Crippen molar-refractivity contribution in [3.8, 4) is 0 Å². The predicted molar refractivity (Wildman–Crippen MR) is 87.2 cm³/mol. The first-order valence-electron chi connectivity index (χ1n) is 7.99. The predicted octanol–water partition coefficient (Wildman–Crippen LogP) is 2.25. The van der Waals surface area contributed by atoms with Crippen LogP contribution in [0.15, 0.2) is 24.3 Å². The van der Waals surface area contributed by atoms with E-state index >= 15 is 0 Å². The maximum Gasteiger partial charge on any atom is 0.239 e. The van der Waals surface area contributed by atoms with Gasteiger partial charge in [0.2, 0.25) is 5.91 Å². The topological polar surface area (TPSA) is 50.4 Å². The number of amides is 1. The molecule has 3 rings (SSSR count). The van der Waals surface area contributed by atoms with Crippen LogP contribution in [-0.2, 0) is 14.9 Å². The van der Waals surface area contributed by atoms with Gasteiger partial charge in [-0.3, -0.25) is 4.79 Å². The zero-order valence-electron chi connectivity index (χ0n) is 12.9. The van der Waals surface area contributed by atoms with Gasteiger partial charge in [-0.25, -0.2) is 0 Å². The third-order valence-corrected chi connectivity index (χ3v) is 5.22. The van der Waals surface area contributed by atoms with E-state index in [-0.39, 0.29) is 23.5 Å². The molecule has 0 aromatic heterocycles. The van der Waals surface area contributed by atoms with E-state index in [1.54, 1.807) is 0 Å². The van der Waals surface area contributed by atoms with Crippen LogP contribution in [0, 0.1) is 0 Å². The van der Waals surface area contributed by atoms with E-state index in [9.17, 15) is 4.79 Å². The number of benzene rings is 1. The molecule has 1 saturated carbocycles. The van der Waals surface area contributed by atoms with Crippen LogP contribution in [-0.4, -0.2) is 37.7 Å². The lowest BCUT2D eigenvalue weighted by Crippen LogP contribution is -2.57. The second-order valence-electron chi connectivity index (χ2n) is 6.37. The highest BCUT2D eigenvalue weighted by Crippen LogP contribution is 2.43. The first-order chi connectivity index (χ1) is 10.6. The van der Waals surface area contributed by atoms with Gasteiger partial charge in [0, 0.05) is 23.5 Å². The molecule has 22 heavy (non-hydrogen) atoms. The summed E-state index contributed by atoms with van der Waals surface area (Å²) in [4.78, 5) is 12.4. The van der Waals surface area contributed by atoms with Crippen LogP contribution in [0.25, 0.3) is 0 Å². The fraction of sp³-hybridized carbons (Fsp3) is 0.588. The Hall–Kier alpha value is -1.10. The quantitative estimate of drug-likeness (QED) is 0.894. The van der Waals surface area contributed by atoms with Crippen molar-refractivity contribution in [2.24, 2.45) is 0 Å². The standard InChI is InChI=1S/C17H23ClN2O2/c1-12-15(19-9-10-22-12)16(21)20-11-17(7-2-8-17)13-3-5-14(18)6-4-13/h3-6,12,15,19H,2,7-11H2,1H3,(H,20,21)/t12-,15+/m1/s1. The number of carbonyl (C=O) groups is 1. The van der Waals surface area contributed by atoms with Crippen molar-refractivity contribution in [3.63, 3.8) is 0 Å². The van der Waals surface area contributed by atoms with Crippen LogP contribution in [0.4, 0.5) is 0 Å². The average molecular weight is 323 g/mol. The lowest BCUT2D eigenvalue weighted by Gasteiger charge is -2.43. The smallest absolute Gasteiger partial charge is 0.239 e. The summed E-state index contributed by atoms with van der Waals surface area (Å²) in [6, 6.07) is 7.77. The van der Waals surface area contributed by atoms with Gasteiger partial charge in [0.1, 0.15) is 6.04 Å². The fourth-order valence-electron chi connectivity index (χ4n) is 3.37. The molecule has 2 aliphatic rings. The van der Waals surface area contributed by atoms with Crippen molar-refractivity contribution in [1.29, 1.82) is 0 Å². The Morgan fingerprint density at radius 2 is 2.14 bits per heavy atom. The van der Waals surface area contributed by atoms with E-state index in [4.69, 9.17) is 16.3 Å². The Labute approximate surface area is 136 Å². The maximum atomic E-state index is 12.4. The summed E-state index contributed by atoms with van der Waals surface area (Å²) < 4.78 is 5.54. The normalized spacial score (nSPS) is 27.0. The molecule has 0 unspecified atom stereocenters. The number of ether oxygens (including phenoxy) is 1. The van der Waals surface area contributed by atoms with Crippen molar-refractivity contribution in [1.82, 2.24) is 10.6 Å². The van der Waals surface area contributed by atoms with Crippen molar-refractivity contribution in [2.75, 3.05) is 19.7 Å². The summed E-state index contributed by atoms with van der Waals surface area (Å²) in [5.74, 6) is 0.0347. The fourth-order valence-corrected chi connectivity index (χ4v) is 3.49. The minimum atomic E-state index is -0.254. The van der Waals surface area contributed by atoms with Crippen molar-refractivity contribution in [2.45, 2.75) is 43.7 Å². The van der Waals surface area contributed by atoms with Crippen LogP contribution >= 0.6 is 11.6 Å². The average Bonchev–Trinajstić information content (AvgIpc) is 2.48. The van der Waals surface area contributed by atoms with E-state index in [0.29, 0.717) is 13.2 Å². The highest BCUT2D eigenvalue weighted by Gasteiger charge is 2.39. The molecule has 2 N–H and O–H groups in total. The highest BCUT2D eigenvalue weighted by molar-refractivity contribution is 6.30. The van der Waals surface area contributed by atoms with Gasteiger partial charge < -0.3 is 15.4 Å². The van der Waals surface area contributed by atoms with Crippen molar-refractivity contribution in [3.05, 3.63) is 34.9 Å². The molecule has 0 bridgehead atoms. The SMILES string of the molecule is C[C@H]1OCCN[C@@H]1C(=O)NCC1(c2ccc(Cl)cc2)CCC1. The number of rotatable bonds is 4. The molecule has 1 aliphatic heterocycles. The second kappa shape index (κ2) is 6.57. The summed E-state index contributed by atoms with van der Waals surface area (Å²) in [6.45, 7) is 4.01. The van der Waals surface area contributed by atoms with Gasteiger partial charge >= 0.3 is 0 Å². The second-order valence-corrected chi connectivity index (χ2v) is 6.80. The Balaban J connectivity index is 1.63. The van der Waals surface area contributed by atoms with Crippen LogP contribution in [0.5, 0.6) is 0 Å². The van der Waals surface area contributed by atoms with Crippen molar-refractivity contribution >= 4 is 17.5 Å². The molecule has 0 radical (unpaired) electrons. The van der Waals surface area contributed by atoms with Crippen LogP contribution in [0.3, 0.4) is 0 Å². The Kier molecular flexibility index (Phi) is 4.71. The minimum Gasteiger partial charge on any atom is -0.375 e. The molecule has 1 saturated heterocycles. The molecule has 4 nitrogen and oxygen atoms in total. The van der Waals surface area contributed by atoms with Crippen LogP contribution < -0.4 is 10.6 Å². The van der Waals surface area contributed by atoms with Crippen LogP contribution in [0.2, 0.25) is 5.02 Å². The third kappa shape index (κ3) is 3.14. The third-order valence-electron chi connectivity index (χ3n) is 4.97. The monoisotopic (exact) mass is 322 g/mol. The lowest BCUT2D eigenvalue weighted by atomic mass is 9.64. The van der Waals surface area contributed by atoms with Crippen LogP contribution in [0.1, 0.15) is 31.7 Å². The molecule has 0 spiro atoms. The number of halogens is 1. The summed E-state index contributed by atoms with van der Waals surface area (Å²) in [6.07, 6.45) is 3.35. The molecule has 120 valence electrons.